The average Bonchev–Trinajstić information content (AvgIpc) is 3.90. The van der Waals surface area contributed by atoms with Gasteiger partial charge in [0.15, 0.2) is 11.2 Å². The molecular formula is C50H31N3O2. The van der Waals surface area contributed by atoms with Crippen molar-refractivity contribution in [2.45, 2.75) is 0 Å². The van der Waals surface area contributed by atoms with E-state index in [9.17, 15) is 0 Å². The molecule has 11 rings (SSSR count). The lowest BCUT2D eigenvalue weighted by atomic mass is 9.92. The normalized spacial score (nSPS) is 11.6. The van der Waals surface area contributed by atoms with Crippen LogP contribution in [0, 0.1) is 0 Å². The van der Waals surface area contributed by atoms with Crippen LogP contribution in [0.4, 0.5) is 17.1 Å². The van der Waals surface area contributed by atoms with E-state index in [1.807, 2.05) is 48.5 Å². The zero-order valence-corrected chi connectivity index (χ0v) is 29.6. The number of nitrogens with zero attached hydrogens (tertiary/aromatic N) is 3. The second-order valence-electron chi connectivity index (χ2n) is 13.8. The first kappa shape index (κ1) is 31.1. The predicted molar refractivity (Wildman–Crippen MR) is 225 cm³/mol. The van der Waals surface area contributed by atoms with E-state index >= 15 is 0 Å². The van der Waals surface area contributed by atoms with E-state index in [2.05, 4.69) is 144 Å². The van der Waals surface area contributed by atoms with E-state index < -0.39 is 0 Å². The third kappa shape index (κ3) is 5.33. The molecule has 0 N–H and O–H groups in total. The third-order valence-corrected chi connectivity index (χ3v) is 10.5. The number of hydrogen-bond donors (Lipinski definition) is 0. The van der Waals surface area contributed by atoms with Gasteiger partial charge in [-0.05, 0) is 134 Å². The van der Waals surface area contributed by atoms with Crippen LogP contribution in [0.1, 0.15) is 0 Å². The van der Waals surface area contributed by atoms with E-state index in [0.29, 0.717) is 11.8 Å². The second kappa shape index (κ2) is 12.6. The first-order chi connectivity index (χ1) is 27.2. The quantitative estimate of drug-likeness (QED) is 0.161. The van der Waals surface area contributed by atoms with Crippen LogP contribution in [-0.4, -0.2) is 9.97 Å². The highest BCUT2D eigenvalue weighted by atomic mass is 16.4. The summed E-state index contributed by atoms with van der Waals surface area (Å²) in [4.78, 5) is 11.7. The Morgan fingerprint density at radius 3 is 1.13 bits per heavy atom. The molecule has 0 aliphatic rings. The lowest BCUT2D eigenvalue weighted by Gasteiger charge is -2.26. The van der Waals surface area contributed by atoms with Crippen molar-refractivity contribution in [2.75, 3.05) is 4.90 Å². The molecule has 258 valence electrons. The molecule has 0 saturated heterocycles. The third-order valence-electron chi connectivity index (χ3n) is 10.5. The topological polar surface area (TPSA) is 55.3 Å². The Morgan fingerprint density at radius 2 is 0.673 bits per heavy atom. The maximum absolute atomic E-state index is 6.09. The van der Waals surface area contributed by atoms with Crippen molar-refractivity contribution in [1.82, 2.24) is 9.97 Å². The van der Waals surface area contributed by atoms with Crippen molar-refractivity contribution in [3.63, 3.8) is 0 Å². The number of anilines is 3. The van der Waals surface area contributed by atoms with Crippen LogP contribution in [0.15, 0.2) is 197 Å². The summed E-state index contributed by atoms with van der Waals surface area (Å²) in [5, 5.41) is 7.63. The molecule has 0 fully saturated rings. The van der Waals surface area contributed by atoms with Crippen molar-refractivity contribution < 1.29 is 8.83 Å². The smallest absolute Gasteiger partial charge is 0.227 e. The van der Waals surface area contributed by atoms with Gasteiger partial charge < -0.3 is 13.7 Å². The molecule has 55 heavy (non-hydrogen) atoms. The molecule has 0 spiro atoms. The first-order valence-electron chi connectivity index (χ1n) is 18.4. The highest BCUT2D eigenvalue weighted by molar-refractivity contribution is 6.25. The maximum Gasteiger partial charge on any atom is 0.227 e. The maximum atomic E-state index is 6.09. The van der Waals surface area contributed by atoms with Crippen molar-refractivity contribution in [3.05, 3.63) is 188 Å². The summed E-state index contributed by atoms with van der Waals surface area (Å²) in [6, 6.07) is 65.5. The van der Waals surface area contributed by atoms with Gasteiger partial charge in [0.1, 0.15) is 11.0 Å². The summed E-state index contributed by atoms with van der Waals surface area (Å²) in [5.41, 5.74) is 10.4. The summed E-state index contributed by atoms with van der Waals surface area (Å²) in [6.45, 7) is 0. The van der Waals surface area contributed by atoms with E-state index in [1.54, 1.807) is 0 Å². The van der Waals surface area contributed by atoms with Crippen molar-refractivity contribution in [3.8, 4) is 34.0 Å². The Bertz CT molecular complexity index is 2980. The molecule has 11 aromatic rings. The van der Waals surface area contributed by atoms with Gasteiger partial charge in [-0.15, -0.1) is 0 Å². The van der Waals surface area contributed by atoms with Gasteiger partial charge in [-0.25, -0.2) is 9.97 Å². The van der Waals surface area contributed by atoms with E-state index in [-0.39, 0.29) is 0 Å². The monoisotopic (exact) mass is 705 g/mol. The van der Waals surface area contributed by atoms with E-state index in [0.717, 1.165) is 56.0 Å². The Kier molecular flexibility index (Phi) is 7.10. The fourth-order valence-electron chi connectivity index (χ4n) is 7.83. The largest absolute Gasteiger partial charge is 0.436 e. The molecule has 9 aromatic carbocycles. The summed E-state index contributed by atoms with van der Waals surface area (Å²) in [5.74, 6) is 1.20. The van der Waals surface area contributed by atoms with Crippen LogP contribution >= 0.6 is 0 Å². The van der Waals surface area contributed by atoms with Crippen molar-refractivity contribution in [1.29, 1.82) is 0 Å². The number of aromatic nitrogens is 2. The number of fused-ring (bicyclic) bond motifs is 8. The molecule has 0 atom stereocenters. The summed E-state index contributed by atoms with van der Waals surface area (Å²) < 4.78 is 12.2. The average molecular weight is 706 g/mol. The Morgan fingerprint density at radius 1 is 0.309 bits per heavy atom. The minimum atomic E-state index is 0.600. The van der Waals surface area contributed by atoms with E-state index in [1.165, 1.54) is 37.9 Å². The van der Waals surface area contributed by atoms with Crippen LogP contribution < -0.4 is 4.90 Å². The van der Waals surface area contributed by atoms with Crippen molar-refractivity contribution in [2.24, 2.45) is 0 Å². The molecule has 0 amide bonds. The number of hydrogen-bond acceptors (Lipinski definition) is 5. The molecule has 2 aromatic heterocycles. The lowest BCUT2D eigenvalue weighted by Crippen LogP contribution is -2.09. The van der Waals surface area contributed by atoms with Crippen LogP contribution in [-0.2, 0) is 0 Å². The molecule has 0 unspecified atom stereocenters. The number of oxazole rings is 2. The van der Waals surface area contributed by atoms with Crippen LogP contribution in [0.25, 0.3) is 88.6 Å². The van der Waals surface area contributed by atoms with E-state index in [4.69, 9.17) is 18.8 Å². The van der Waals surface area contributed by atoms with Gasteiger partial charge >= 0.3 is 0 Å². The van der Waals surface area contributed by atoms with Gasteiger partial charge in [0.2, 0.25) is 11.8 Å². The van der Waals surface area contributed by atoms with Gasteiger partial charge in [-0.2, -0.15) is 0 Å². The predicted octanol–water partition coefficient (Wildman–Crippen LogP) is 13.9. The summed E-state index contributed by atoms with van der Waals surface area (Å²) >= 11 is 0. The highest BCUT2D eigenvalue weighted by Crippen LogP contribution is 2.40. The van der Waals surface area contributed by atoms with Crippen molar-refractivity contribution >= 4 is 71.6 Å². The molecule has 0 aliphatic heterocycles. The number of para-hydroxylation sites is 4. The number of rotatable bonds is 6. The Hall–Kier alpha value is -7.50. The molecule has 0 bridgehead atoms. The minimum Gasteiger partial charge on any atom is -0.436 e. The minimum absolute atomic E-state index is 0.600. The van der Waals surface area contributed by atoms with Gasteiger partial charge in [-0.1, -0.05) is 97.1 Å². The summed E-state index contributed by atoms with van der Waals surface area (Å²) in [6.07, 6.45) is 0. The standard InChI is InChI=1S/C50H31N3O2/c1-2-11-41-39(9-1)40-10-3-4-12-42(40)44-31-35(23-30-43(41)44)32-17-24-36(25-18-32)53(37-26-19-33(20-27-37)49-51-45-13-5-7-15-47(45)54-49)38-28-21-34(22-29-38)50-52-46-14-6-8-16-48(46)55-50/h1-31H. The summed E-state index contributed by atoms with van der Waals surface area (Å²) in [7, 11) is 0. The van der Waals surface area contributed by atoms with Gasteiger partial charge in [-0.3, -0.25) is 0 Å². The van der Waals surface area contributed by atoms with Crippen LogP contribution in [0.5, 0.6) is 0 Å². The Labute approximate surface area is 316 Å². The first-order valence-corrected chi connectivity index (χ1v) is 18.4. The molecule has 5 heteroatoms. The molecule has 0 radical (unpaired) electrons. The highest BCUT2D eigenvalue weighted by Gasteiger charge is 2.17. The lowest BCUT2D eigenvalue weighted by molar-refractivity contribution is 0.619. The van der Waals surface area contributed by atoms with Crippen LogP contribution in [0.2, 0.25) is 0 Å². The molecule has 0 saturated carbocycles. The fourth-order valence-corrected chi connectivity index (χ4v) is 7.83. The number of benzene rings is 9. The zero-order valence-electron chi connectivity index (χ0n) is 29.6. The van der Waals surface area contributed by atoms with Gasteiger partial charge in [0, 0.05) is 28.2 Å². The second-order valence-corrected chi connectivity index (χ2v) is 13.8. The fraction of sp³-hybridized carbons (Fsp3) is 0. The Balaban J connectivity index is 0.985. The molecule has 2 heterocycles. The SMILES string of the molecule is c1ccc2oc(-c3ccc(N(c4ccc(-c5ccc6c7ccccc7c7ccccc7c6c5)cc4)c4ccc(-c5nc6ccccc6o5)cc4)cc3)nc2c1. The molecule has 5 nitrogen and oxygen atoms in total. The molecule has 0 aliphatic carbocycles. The van der Waals surface area contributed by atoms with Gasteiger partial charge in [0.25, 0.3) is 0 Å². The van der Waals surface area contributed by atoms with Gasteiger partial charge in [0.05, 0.1) is 0 Å². The zero-order chi connectivity index (χ0) is 36.3. The van der Waals surface area contributed by atoms with Crippen LogP contribution in [0.3, 0.4) is 0 Å². The molecular weight excluding hydrogens is 675 g/mol.